The molecule has 1 aromatic carbocycles. The lowest BCUT2D eigenvalue weighted by atomic mass is 10.1. The average Bonchev–Trinajstić information content (AvgIpc) is 2.58. The zero-order chi connectivity index (χ0) is 18.6. The molecule has 10 nitrogen and oxygen atoms in total. The number of nitrogens with zero attached hydrogens (tertiary/aromatic N) is 6. The molecule has 0 amide bonds. The van der Waals surface area contributed by atoms with Gasteiger partial charge in [-0.25, -0.2) is 0 Å². The SMILES string of the molecule is CNc1ccc(/C=C(\C#N)c2nc(N)nc(N(C)C)n2)cc1[N+](=O)[O-]. The molecule has 0 aliphatic rings. The van der Waals surface area contributed by atoms with Gasteiger partial charge in [0.2, 0.25) is 11.9 Å². The van der Waals surface area contributed by atoms with Crippen molar-refractivity contribution < 1.29 is 4.92 Å². The number of nitrogens with two attached hydrogens (primary N) is 1. The smallest absolute Gasteiger partial charge is 0.292 e. The van der Waals surface area contributed by atoms with Gasteiger partial charge in [0.05, 0.1) is 10.5 Å². The second-order valence-corrected chi connectivity index (χ2v) is 5.17. The number of nitrogen functional groups attached to an aromatic ring is 1. The number of nitro benzene ring substituents is 1. The minimum Gasteiger partial charge on any atom is -0.383 e. The lowest BCUT2D eigenvalue weighted by Crippen LogP contribution is -2.15. The van der Waals surface area contributed by atoms with Crippen LogP contribution in [-0.4, -0.2) is 41.0 Å². The fraction of sp³-hybridized carbons (Fsp3) is 0.200. The van der Waals surface area contributed by atoms with E-state index in [9.17, 15) is 15.4 Å². The second kappa shape index (κ2) is 7.22. The molecule has 1 heterocycles. The van der Waals surface area contributed by atoms with Crippen LogP contribution < -0.4 is 16.0 Å². The van der Waals surface area contributed by atoms with E-state index in [2.05, 4.69) is 20.3 Å². The summed E-state index contributed by atoms with van der Waals surface area (Å²) in [6.07, 6.45) is 1.46. The number of aromatic nitrogens is 3. The summed E-state index contributed by atoms with van der Waals surface area (Å²) in [5.41, 5.74) is 6.52. The monoisotopic (exact) mass is 340 g/mol. The molecule has 0 atom stereocenters. The van der Waals surface area contributed by atoms with Gasteiger partial charge in [-0.15, -0.1) is 0 Å². The molecule has 0 fully saturated rings. The normalized spacial score (nSPS) is 10.9. The summed E-state index contributed by atoms with van der Waals surface area (Å²) in [6.45, 7) is 0. The molecule has 0 saturated carbocycles. The van der Waals surface area contributed by atoms with Crippen LogP contribution in [0.2, 0.25) is 0 Å². The molecule has 0 aliphatic carbocycles. The summed E-state index contributed by atoms with van der Waals surface area (Å²) in [6, 6.07) is 6.56. The van der Waals surface area contributed by atoms with Crippen molar-refractivity contribution in [3.05, 3.63) is 39.7 Å². The Labute approximate surface area is 143 Å². The summed E-state index contributed by atoms with van der Waals surface area (Å²) < 4.78 is 0. The zero-order valence-corrected chi connectivity index (χ0v) is 13.9. The van der Waals surface area contributed by atoms with Crippen LogP contribution in [0.1, 0.15) is 11.4 Å². The topological polar surface area (TPSA) is 147 Å². The van der Waals surface area contributed by atoms with Crippen molar-refractivity contribution in [1.82, 2.24) is 15.0 Å². The van der Waals surface area contributed by atoms with Gasteiger partial charge in [0.1, 0.15) is 11.8 Å². The van der Waals surface area contributed by atoms with Gasteiger partial charge in [0.15, 0.2) is 5.82 Å². The van der Waals surface area contributed by atoms with Crippen molar-refractivity contribution >= 4 is 34.9 Å². The maximum Gasteiger partial charge on any atom is 0.292 e. The highest BCUT2D eigenvalue weighted by Gasteiger charge is 2.15. The van der Waals surface area contributed by atoms with E-state index < -0.39 is 4.92 Å². The van der Waals surface area contributed by atoms with Gasteiger partial charge < -0.3 is 16.0 Å². The highest BCUT2D eigenvalue weighted by Crippen LogP contribution is 2.27. The van der Waals surface area contributed by atoms with Crippen LogP contribution in [0.4, 0.5) is 23.3 Å². The average molecular weight is 340 g/mol. The van der Waals surface area contributed by atoms with E-state index in [-0.39, 0.29) is 23.0 Å². The van der Waals surface area contributed by atoms with Crippen molar-refractivity contribution in [2.45, 2.75) is 0 Å². The Balaban J connectivity index is 2.53. The molecule has 0 radical (unpaired) electrons. The van der Waals surface area contributed by atoms with Crippen LogP contribution in [0.5, 0.6) is 0 Å². The quantitative estimate of drug-likeness (QED) is 0.469. The van der Waals surface area contributed by atoms with Crippen molar-refractivity contribution in [3.8, 4) is 6.07 Å². The van der Waals surface area contributed by atoms with Crippen LogP contribution in [0.25, 0.3) is 11.6 Å². The Hall–Kier alpha value is -3.74. The molecular weight excluding hydrogens is 324 g/mol. The number of hydrogen-bond acceptors (Lipinski definition) is 9. The zero-order valence-electron chi connectivity index (χ0n) is 13.9. The lowest BCUT2D eigenvalue weighted by Gasteiger charge is -2.11. The van der Waals surface area contributed by atoms with Gasteiger partial charge in [0.25, 0.3) is 5.69 Å². The van der Waals surface area contributed by atoms with E-state index in [1.807, 2.05) is 6.07 Å². The summed E-state index contributed by atoms with van der Waals surface area (Å²) in [7, 11) is 5.05. The van der Waals surface area contributed by atoms with Crippen LogP contribution in [0, 0.1) is 21.4 Å². The Morgan fingerprint density at radius 3 is 2.68 bits per heavy atom. The second-order valence-electron chi connectivity index (χ2n) is 5.17. The fourth-order valence-corrected chi connectivity index (χ4v) is 2.02. The first-order valence-electron chi connectivity index (χ1n) is 7.13. The van der Waals surface area contributed by atoms with E-state index in [1.165, 1.54) is 12.1 Å². The first-order valence-corrected chi connectivity index (χ1v) is 7.13. The summed E-state index contributed by atoms with van der Waals surface area (Å²) in [5, 5.41) is 23.3. The van der Waals surface area contributed by atoms with Crippen LogP contribution >= 0.6 is 0 Å². The Kier molecular flexibility index (Phi) is 5.09. The van der Waals surface area contributed by atoms with Crippen molar-refractivity contribution in [3.63, 3.8) is 0 Å². The number of hydrogen-bond donors (Lipinski definition) is 2. The number of nitriles is 1. The van der Waals surface area contributed by atoms with Crippen LogP contribution in [0.15, 0.2) is 18.2 Å². The Bertz CT molecular complexity index is 886. The molecule has 3 N–H and O–H groups in total. The highest BCUT2D eigenvalue weighted by atomic mass is 16.6. The van der Waals surface area contributed by atoms with Gasteiger partial charge in [-0.1, -0.05) is 6.07 Å². The van der Waals surface area contributed by atoms with Crippen LogP contribution in [-0.2, 0) is 0 Å². The highest BCUT2D eigenvalue weighted by molar-refractivity contribution is 5.88. The van der Waals surface area contributed by atoms with E-state index in [0.717, 1.165) is 0 Å². The van der Waals surface area contributed by atoms with Crippen molar-refractivity contribution in [1.29, 1.82) is 5.26 Å². The molecule has 0 unspecified atom stereocenters. The largest absolute Gasteiger partial charge is 0.383 e. The van der Waals surface area contributed by atoms with E-state index in [0.29, 0.717) is 17.2 Å². The number of allylic oxidation sites excluding steroid dienone is 1. The number of nitro groups is 1. The standard InChI is InChI=1S/C15H16N8O2/c1-18-11-5-4-9(7-12(11)23(24)25)6-10(8-16)13-19-14(17)21-15(20-13)22(2)3/h4-7,18H,1-3H3,(H2,17,19,20,21)/b10-6+. The molecule has 128 valence electrons. The number of nitrogens with one attached hydrogen (secondary N) is 1. The van der Waals surface area contributed by atoms with E-state index in [1.54, 1.807) is 38.2 Å². The minimum absolute atomic E-state index is 0.0219. The number of rotatable bonds is 5. The number of anilines is 3. The van der Waals surface area contributed by atoms with Crippen molar-refractivity contribution in [2.75, 3.05) is 37.1 Å². The molecule has 0 spiro atoms. The number of benzene rings is 1. The predicted octanol–water partition coefficient (Wildman–Crippen LogP) is 1.53. The predicted molar refractivity (Wildman–Crippen MR) is 94.7 cm³/mol. The summed E-state index contributed by atoms with van der Waals surface area (Å²) in [5.74, 6) is 0.380. The minimum atomic E-state index is -0.500. The summed E-state index contributed by atoms with van der Waals surface area (Å²) >= 11 is 0. The van der Waals surface area contributed by atoms with Crippen molar-refractivity contribution in [2.24, 2.45) is 0 Å². The Morgan fingerprint density at radius 1 is 1.40 bits per heavy atom. The maximum atomic E-state index is 11.1. The molecule has 0 saturated heterocycles. The molecule has 25 heavy (non-hydrogen) atoms. The Morgan fingerprint density at radius 2 is 2.12 bits per heavy atom. The molecule has 0 aliphatic heterocycles. The van der Waals surface area contributed by atoms with Gasteiger partial charge in [-0.3, -0.25) is 10.1 Å². The lowest BCUT2D eigenvalue weighted by molar-refractivity contribution is -0.383. The third-order valence-electron chi connectivity index (χ3n) is 3.20. The molecule has 2 aromatic rings. The van der Waals surface area contributed by atoms with E-state index >= 15 is 0 Å². The third kappa shape index (κ3) is 3.97. The third-order valence-corrected chi connectivity index (χ3v) is 3.20. The van der Waals surface area contributed by atoms with Gasteiger partial charge in [0, 0.05) is 27.2 Å². The first-order chi connectivity index (χ1) is 11.8. The molecule has 1 aromatic heterocycles. The molecular formula is C15H16N8O2. The first kappa shape index (κ1) is 17.6. The fourth-order valence-electron chi connectivity index (χ4n) is 2.02. The van der Waals surface area contributed by atoms with Gasteiger partial charge in [-0.05, 0) is 17.7 Å². The van der Waals surface area contributed by atoms with Gasteiger partial charge in [-0.2, -0.15) is 20.2 Å². The van der Waals surface area contributed by atoms with Crippen LogP contribution in [0.3, 0.4) is 0 Å². The van der Waals surface area contributed by atoms with E-state index in [4.69, 9.17) is 5.73 Å². The molecule has 0 bridgehead atoms. The molecule has 10 heteroatoms. The van der Waals surface area contributed by atoms with Gasteiger partial charge >= 0.3 is 0 Å². The molecule has 2 rings (SSSR count). The maximum absolute atomic E-state index is 11.1. The summed E-state index contributed by atoms with van der Waals surface area (Å²) in [4.78, 5) is 24.4.